The maximum atomic E-state index is 6.00. The molecular weight excluding hydrogens is 278 g/mol. The average Bonchev–Trinajstić information content (AvgIpc) is 3.33. The van der Waals surface area contributed by atoms with Crippen LogP contribution in [0.5, 0.6) is 0 Å². The minimum absolute atomic E-state index is 0.402. The van der Waals surface area contributed by atoms with Crippen molar-refractivity contribution in [3.63, 3.8) is 0 Å². The second-order valence-corrected chi connectivity index (χ2v) is 6.39. The fourth-order valence-electron chi connectivity index (χ4n) is 2.81. The molecule has 1 N–H and O–H groups in total. The Morgan fingerprint density at radius 2 is 1.71 bits per heavy atom. The van der Waals surface area contributed by atoms with Crippen molar-refractivity contribution in [2.24, 2.45) is 5.92 Å². The van der Waals surface area contributed by atoms with Crippen molar-refractivity contribution in [3.8, 4) is 0 Å². The molecule has 0 aliphatic heterocycles. The van der Waals surface area contributed by atoms with Crippen LogP contribution in [0, 0.1) is 5.92 Å². The maximum Gasteiger partial charge on any atom is 0.0542 e. The summed E-state index contributed by atoms with van der Waals surface area (Å²) >= 11 is 6.00. The molecule has 21 heavy (non-hydrogen) atoms. The number of hydrogen-bond donors (Lipinski definition) is 1. The Labute approximate surface area is 132 Å². The smallest absolute Gasteiger partial charge is 0.0542 e. The van der Waals surface area contributed by atoms with E-state index in [4.69, 9.17) is 11.6 Å². The summed E-state index contributed by atoms with van der Waals surface area (Å²) in [6.45, 7) is 2.22. The van der Waals surface area contributed by atoms with Crippen LogP contribution in [0.3, 0.4) is 0 Å². The quantitative estimate of drug-likeness (QED) is 0.705. The Hall–Kier alpha value is -1.47. The highest BCUT2D eigenvalue weighted by Gasteiger charge is 2.32. The fourth-order valence-corrected chi connectivity index (χ4v) is 2.93. The molecule has 110 valence electrons. The van der Waals surface area contributed by atoms with Crippen LogP contribution in [0.4, 0.5) is 5.69 Å². The van der Waals surface area contributed by atoms with Crippen LogP contribution < -0.4 is 5.32 Å². The van der Waals surface area contributed by atoms with E-state index in [-0.39, 0.29) is 0 Å². The van der Waals surface area contributed by atoms with Gasteiger partial charge in [0.2, 0.25) is 0 Å². The number of benzene rings is 2. The summed E-state index contributed by atoms with van der Waals surface area (Å²) in [6.07, 6.45) is 4.98. The predicted molar refractivity (Wildman–Crippen MR) is 91.0 cm³/mol. The molecule has 1 nitrogen and oxygen atoms in total. The third-order valence-electron chi connectivity index (χ3n) is 4.14. The summed E-state index contributed by atoms with van der Waals surface area (Å²) in [6, 6.07) is 17.5. The van der Waals surface area contributed by atoms with Crippen LogP contribution >= 0.6 is 11.6 Å². The van der Waals surface area contributed by atoms with E-state index in [9.17, 15) is 0 Å². The van der Waals surface area contributed by atoms with Gasteiger partial charge in [0.25, 0.3) is 0 Å². The van der Waals surface area contributed by atoms with Gasteiger partial charge in [-0.15, -0.1) is 0 Å². The largest absolute Gasteiger partial charge is 0.378 e. The van der Waals surface area contributed by atoms with Crippen LogP contribution in [-0.4, -0.2) is 0 Å². The van der Waals surface area contributed by atoms with Gasteiger partial charge in [0.15, 0.2) is 0 Å². The van der Waals surface area contributed by atoms with Crippen LogP contribution in [0.1, 0.15) is 43.4 Å². The zero-order valence-corrected chi connectivity index (χ0v) is 13.2. The predicted octanol–water partition coefficient (Wildman–Crippen LogP) is 5.86. The minimum Gasteiger partial charge on any atom is -0.378 e. The van der Waals surface area contributed by atoms with Gasteiger partial charge in [-0.05, 0) is 60.6 Å². The standard InChI is InChI=1S/C19H22ClN/c1-2-3-14-4-12-18(13-5-14)21-19(15-6-7-15)16-8-10-17(20)11-9-16/h4-5,8-13,15,19,21H,2-3,6-7H2,1H3. The lowest BCUT2D eigenvalue weighted by molar-refractivity contribution is 0.679. The van der Waals surface area contributed by atoms with Gasteiger partial charge in [0, 0.05) is 10.7 Å². The highest BCUT2D eigenvalue weighted by Crippen LogP contribution is 2.43. The lowest BCUT2D eigenvalue weighted by atomic mass is 10.0. The molecule has 0 aromatic heterocycles. The summed E-state index contributed by atoms with van der Waals surface area (Å²) in [4.78, 5) is 0. The third kappa shape index (κ3) is 3.79. The third-order valence-corrected chi connectivity index (χ3v) is 4.39. The number of anilines is 1. The second-order valence-electron chi connectivity index (χ2n) is 5.96. The first-order chi connectivity index (χ1) is 10.3. The van der Waals surface area contributed by atoms with Crippen LogP contribution in [0.2, 0.25) is 5.02 Å². The number of halogens is 1. The van der Waals surface area contributed by atoms with E-state index in [2.05, 4.69) is 48.6 Å². The van der Waals surface area contributed by atoms with Crippen molar-refractivity contribution < 1.29 is 0 Å². The summed E-state index contributed by atoms with van der Waals surface area (Å²) in [5, 5.41) is 4.51. The van der Waals surface area contributed by atoms with E-state index in [1.54, 1.807) is 0 Å². The van der Waals surface area contributed by atoms with Gasteiger partial charge in [-0.3, -0.25) is 0 Å². The monoisotopic (exact) mass is 299 g/mol. The molecule has 1 saturated carbocycles. The van der Waals surface area contributed by atoms with Crippen molar-refractivity contribution >= 4 is 17.3 Å². The molecule has 0 spiro atoms. The number of rotatable bonds is 6. The molecule has 0 heterocycles. The van der Waals surface area contributed by atoms with Gasteiger partial charge in [0.05, 0.1) is 6.04 Å². The van der Waals surface area contributed by atoms with Crippen molar-refractivity contribution in [1.29, 1.82) is 0 Å². The van der Waals surface area contributed by atoms with E-state index in [0.717, 1.165) is 17.4 Å². The molecule has 1 atom stereocenters. The van der Waals surface area contributed by atoms with Gasteiger partial charge in [-0.1, -0.05) is 49.2 Å². The Morgan fingerprint density at radius 1 is 1.05 bits per heavy atom. The van der Waals surface area contributed by atoms with Crippen LogP contribution in [0.15, 0.2) is 48.5 Å². The molecule has 1 unspecified atom stereocenters. The fraction of sp³-hybridized carbons (Fsp3) is 0.368. The molecule has 3 rings (SSSR count). The zero-order valence-electron chi connectivity index (χ0n) is 12.5. The topological polar surface area (TPSA) is 12.0 Å². The Balaban J connectivity index is 1.74. The molecule has 1 aliphatic rings. The van der Waals surface area contributed by atoms with E-state index in [1.807, 2.05) is 12.1 Å². The Bertz CT molecular complexity index is 570. The summed E-state index contributed by atoms with van der Waals surface area (Å²) < 4.78 is 0. The summed E-state index contributed by atoms with van der Waals surface area (Å²) in [5.41, 5.74) is 3.96. The Kier molecular flexibility index (Phi) is 4.50. The molecule has 0 saturated heterocycles. The minimum atomic E-state index is 0.402. The maximum absolute atomic E-state index is 6.00. The zero-order chi connectivity index (χ0) is 14.7. The first-order valence-electron chi connectivity index (χ1n) is 7.87. The number of hydrogen-bond acceptors (Lipinski definition) is 1. The molecular formula is C19H22ClN. The number of aryl methyl sites for hydroxylation is 1. The van der Waals surface area contributed by atoms with Crippen LogP contribution in [0.25, 0.3) is 0 Å². The van der Waals surface area contributed by atoms with Crippen LogP contribution in [-0.2, 0) is 6.42 Å². The average molecular weight is 300 g/mol. The highest BCUT2D eigenvalue weighted by molar-refractivity contribution is 6.30. The lowest BCUT2D eigenvalue weighted by Crippen LogP contribution is -2.12. The lowest BCUT2D eigenvalue weighted by Gasteiger charge is -2.20. The molecule has 0 radical (unpaired) electrons. The molecule has 0 bridgehead atoms. The van der Waals surface area contributed by atoms with Gasteiger partial charge < -0.3 is 5.32 Å². The molecule has 2 aromatic rings. The molecule has 2 aromatic carbocycles. The molecule has 1 fully saturated rings. The summed E-state index contributed by atoms with van der Waals surface area (Å²) in [5.74, 6) is 0.751. The van der Waals surface area contributed by atoms with Gasteiger partial charge in [-0.2, -0.15) is 0 Å². The van der Waals surface area contributed by atoms with E-state index >= 15 is 0 Å². The Morgan fingerprint density at radius 3 is 2.29 bits per heavy atom. The van der Waals surface area contributed by atoms with Crippen molar-refractivity contribution in [2.45, 2.75) is 38.6 Å². The van der Waals surface area contributed by atoms with Gasteiger partial charge >= 0.3 is 0 Å². The molecule has 2 heteroatoms. The van der Waals surface area contributed by atoms with E-state index in [1.165, 1.54) is 36.1 Å². The van der Waals surface area contributed by atoms with E-state index in [0.29, 0.717) is 6.04 Å². The van der Waals surface area contributed by atoms with E-state index < -0.39 is 0 Å². The SMILES string of the molecule is CCCc1ccc(NC(c2ccc(Cl)cc2)C2CC2)cc1. The highest BCUT2D eigenvalue weighted by atomic mass is 35.5. The van der Waals surface area contributed by atoms with Crippen molar-refractivity contribution in [2.75, 3.05) is 5.32 Å². The molecule has 1 aliphatic carbocycles. The van der Waals surface area contributed by atoms with Crippen molar-refractivity contribution in [3.05, 3.63) is 64.7 Å². The first-order valence-corrected chi connectivity index (χ1v) is 8.25. The normalized spacial score (nSPS) is 15.7. The first kappa shape index (κ1) is 14.5. The van der Waals surface area contributed by atoms with Gasteiger partial charge in [-0.25, -0.2) is 0 Å². The second kappa shape index (κ2) is 6.53. The van der Waals surface area contributed by atoms with Gasteiger partial charge in [0.1, 0.15) is 0 Å². The van der Waals surface area contributed by atoms with Crippen molar-refractivity contribution in [1.82, 2.24) is 0 Å². The summed E-state index contributed by atoms with van der Waals surface area (Å²) in [7, 11) is 0. The molecule has 0 amide bonds. The number of nitrogens with one attached hydrogen (secondary N) is 1.